The van der Waals surface area contributed by atoms with Crippen molar-refractivity contribution in [2.45, 2.75) is 83.3 Å². The van der Waals surface area contributed by atoms with Crippen LogP contribution < -0.4 is 10.1 Å². The first-order valence-electron chi connectivity index (χ1n) is 11.8. The highest BCUT2D eigenvalue weighted by molar-refractivity contribution is 6.03. The number of benzene rings is 1. The van der Waals surface area contributed by atoms with E-state index in [2.05, 4.69) is 12.2 Å². The third kappa shape index (κ3) is 4.04. The number of ether oxygens (including phenoxy) is 1. The Bertz CT molecular complexity index is 958. The van der Waals surface area contributed by atoms with Crippen molar-refractivity contribution < 1.29 is 14.3 Å². The molecule has 168 valence electrons. The standard InChI is InChI=1S/C25H35N3O3/c1-4-14-28-23(29)22-15-18-12-13-20(31-3)16-21(18)27(22)17-25(28,2)24(30)26-19-10-8-6-5-7-9-11-19/h12-13,15-16,19H,4-11,14,17H2,1-3H3,(H,26,30). The molecule has 6 heteroatoms. The van der Waals surface area contributed by atoms with Crippen molar-refractivity contribution in [1.29, 1.82) is 0 Å². The van der Waals surface area contributed by atoms with E-state index in [0.717, 1.165) is 48.8 Å². The summed E-state index contributed by atoms with van der Waals surface area (Å²) >= 11 is 0. The van der Waals surface area contributed by atoms with E-state index >= 15 is 0 Å². The Balaban J connectivity index is 1.68. The fraction of sp³-hybridized carbons (Fsp3) is 0.600. The molecular weight excluding hydrogens is 390 g/mol. The topological polar surface area (TPSA) is 63.6 Å². The number of aromatic nitrogens is 1. The normalized spacial score (nSPS) is 22.7. The van der Waals surface area contributed by atoms with Gasteiger partial charge in [-0.25, -0.2) is 0 Å². The number of carbonyl (C=O) groups excluding carboxylic acids is 2. The number of hydrogen-bond donors (Lipinski definition) is 1. The van der Waals surface area contributed by atoms with Gasteiger partial charge in [-0.2, -0.15) is 0 Å². The van der Waals surface area contributed by atoms with Gasteiger partial charge in [-0.05, 0) is 44.4 Å². The van der Waals surface area contributed by atoms with E-state index in [1.54, 1.807) is 12.0 Å². The Labute approximate surface area is 184 Å². The van der Waals surface area contributed by atoms with Crippen molar-refractivity contribution in [3.8, 4) is 5.75 Å². The highest BCUT2D eigenvalue weighted by atomic mass is 16.5. The summed E-state index contributed by atoms with van der Waals surface area (Å²) in [6.45, 7) is 4.99. The van der Waals surface area contributed by atoms with E-state index in [1.807, 2.05) is 35.8 Å². The molecule has 1 N–H and O–H groups in total. The molecule has 2 heterocycles. The predicted molar refractivity (Wildman–Crippen MR) is 122 cm³/mol. The zero-order chi connectivity index (χ0) is 22.0. The second-order valence-corrected chi connectivity index (χ2v) is 9.29. The molecule has 2 aromatic rings. The SMILES string of the molecule is CCCN1C(=O)c2cc3ccc(OC)cc3n2CC1(C)C(=O)NC1CCCCCCC1. The minimum Gasteiger partial charge on any atom is -0.497 e. The van der Waals surface area contributed by atoms with Gasteiger partial charge in [-0.1, -0.05) is 39.0 Å². The summed E-state index contributed by atoms with van der Waals surface area (Å²) in [6, 6.07) is 7.97. The first kappa shape index (κ1) is 21.7. The maximum Gasteiger partial charge on any atom is 0.271 e. The average molecular weight is 426 g/mol. The molecule has 0 spiro atoms. The Morgan fingerprint density at radius 2 is 1.87 bits per heavy atom. The van der Waals surface area contributed by atoms with E-state index in [0.29, 0.717) is 18.8 Å². The maximum atomic E-state index is 13.7. The molecule has 2 aliphatic rings. The van der Waals surface area contributed by atoms with Gasteiger partial charge in [-0.15, -0.1) is 0 Å². The van der Waals surface area contributed by atoms with Gasteiger partial charge in [0, 0.05) is 24.0 Å². The number of rotatable bonds is 5. The van der Waals surface area contributed by atoms with Gasteiger partial charge >= 0.3 is 0 Å². The van der Waals surface area contributed by atoms with Crippen LogP contribution in [0.15, 0.2) is 24.3 Å². The first-order chi connectivity index (χ1) is 15.0. The van der Waals surface area contributed by atoms with Crippen LogP contribution in [0.5, 0.6) is 5.75 Å². The summed E-state index contributed by atoms with van der Waals surface area (Å²) < 4.78 is 7.41. The molecule has 1 aromatic carbocycles. The highest BCUT2D eigenvalue weighted by Gasteiger charge is 2.47. The van der Waals surface area contributed by atoms with Crippen molar-refractivity contribution in [1.82, 2.24) is 14.8 Å². The molecule has 4 rings (SSSR count). The lowest BCUT2D eigenvalue weighted by Crippen LogP contribution is -2.65. The molecule has 1 aromatic heterocycles. The van der Waals surface area contributed by atoms with Crippen LogP contribution in [-0.4, -0.2) is 46.5 Å². The first-order valence-corrected chi connectivity index (χ1v) is 11.8. The van der Waals surface area contributed by atoms with Crippen LogP contribution in [0.25, 0.3) is 10.9 Å². The second kappa shape index (κ2) is 8.93. The summed E-state index contributed by atoms with van der Waals surface area (Å²) in [6.07, 6.45) is 8.96. The van der Waals surface area contributed by atoms with Gasteiger partial charge in [0.1, 0.15) is 17.0 Å². The third-order valence-corrected chi connectivity index (χ3v) is 7.01. The van der Waals surface area contributed by atoms with Gasteiger partial charge in [0.25, 0.3) is 5.91 Å². The van der Waals surface area contributed by atoms with Crippen LogP contribution >= 0.6 is 0 Å². The summed E-state index contributed by atoms with van der Waals surface area (Å²) in [4.78, 5) is 29.0. The van der Waals surface area contributed by atoms with Gasteiger partial charge in [0.05, 0.1) is 19.2 Å². The van der Waals surface area contributed by atoms with E-state index < -0.39 is 5.54 Å². The lowest BCUT2D eigenvalue weighted by molar-refractivity contribution is -0.133. The predicted octanol–water partition coefficient (Wildman–Crippen LogP) is 4.50. The van der Waals surface area contributed by atoms with Gasteiger partial charge in [-0.3, -0.25) is 9.59 Å². The molecule has 1 atom stereocenters. The van der Waals surface area contributed by atoms with Crippen molar-refractivity contribution in [3.63, 3.8) is 0 Å². The number of methoxy groups -OCH3 is 1. The lowest BCUT2D eigenvalue weighted by atomic mass is 9.92. The monoisotopic (exact) mass is 425 g/mol. The van der Waals surface area contributed by atoms with Crippen molar-refractivity contribution in [2.24, 2.45) is 0 Å². The number of hydrogen-bond acceptors (Lipinski definition) is 3. The summed E-state index contributed by atoms with van der Waals surface area (Å²) in [5.41, 5.74) is 0.661. The van der Waals surface area contributed by atoms with Crippen LogP contribution in [0.4, 0.5) is 0 Å². The van der Waals surface area contributed by atoms with Crippen molar-refractivity contribution in [3.05, 3.63) is 30.0 Å². The summed E-state index contributed by atoms with van der Waals surface area (Å²) in [7, 11) is 1.64. The molecule has 6 nitrogen and oxygen atoms in total. The maximum absolute atomic E-state index is 13.7. The van der Waals surface area contributed by atoms with Gasteiger partial charge in [0.2, 0.25) is 5.91 Å². The molecule has 0 saturated heterocycles. The lowest BCUT2D eigenvalue weighted by Gasteiger charge is -2.44. The Morgan fingerprint density at radius 1 is 1.16 bits per heavy atom. The fourth-order valence-corrected chi connectivity index (χ4v) is 5.17. The van der Waals surface area contributed by atoms with E-state index in [4.69, 9.17) is 4.74 Å². The molecule has 1 aliphatic heterocycles. The molecule has 0 radical (unpaired) electrons. The van der Waals surface area contributed by atoms with Crippen LogP contribution in [0.1, 0.15) is 75.7 Å². The molecule has 1 saturated carbocycles. The Kier molecular flexibility index (Phi) is 6.26. The number of nitrogens with one attached hydrogen (secondary N) is 1. The number of amides is 2. The van der Waals surface area contributed by atoms with Crippen molar-refractivity contribution >= 4 is 22.7 Å². The number of carbonyl (C=O) groups is 2. The smallest absolute Gasteiger partial charge is 0.271 e. The third-order valence-electron chi connectivity index (χ3n) is 7.01. The molecule has 1 fully saturated rings. The number of nitrogens with zero attached hydrogens (tertiary/aromatic N) is 2. The minimum atomic E-state index is -0.919. The van der Waals surface area contributed by atoms with Crippen LogP contribution in [0.2, 0.25) is 0 Å². The molecule has 1 aliphatic carbocycles. The summed E-state index contributed by atoms with van der Waals surface area (Å²) in [5, 5.41) is 4.32. The minimum absolute atomic E-state index is 0.0322. The quantitative estimate of drug-likeness (QED) is 0.767. The van der Waals surface area contributed by atoms with Gasteiger partial charge in [0.15, 0.2) is 0 Å². The van der Waals surface area contributed by atoms with Crippen LogP contribution in [-0.2, 0) is 11.3 Å². The molecule has 2 amide bonds. The van der Waals surface area contributed by atoms with E-state index in [-0.39, 0.29) is 17.9 Å². The molecule has 1 unspecified atom stereocenters. The second-order valence-electron chi connectivity index (χ2n) is 9.29. The van der Waals surface area contributed by atoms with E-state index in [1.165, 1.54) is 19.3 Å². The molecule has 0 bridgehead atoms. The molecular formula is C25H35N3O3. The van der Waals surface area contributed by atoms with Gasteiger partial charge < -0.3 is 19.5 Å². The fourth-order valence-electron chi connectivity index (χ4n) is 5.17. The van der Waals surface area contributed by atoms with E-state index in [9.17, 15) is 9.59 Å². The highest BCUT2D eigenvalue weighted by Crippen LogP contribution is 2.34. The average Bonchev–Trinajstić information content (AvgIpc) is 3.10. The largest absolute Gasteiger partial charge is 0.497 e. The molecule has 31 heavy (non-hydrogen) atoms. The van der Waals surface area contributed by atoms with Crippen LogP contribution in [0.3, 0.4) is 0 Å². The van der Waals surface area contributed by atoms with Crippen LogP contribution in [0, 0.1) is 0 Å². The zero-order valence-electron chi connectivity index (χ0n) is 19.1. The van der Waals surface area contributed by atoms with Crippen molar-refractivity contribution in [2.75, 3.05) is 13.7 Å². The zero-order valence-corrected chi connectivity index (χ0v) is 19.1. The Hall–Kier alpha value is -2.50. The number of fused-ring (bicyclic) bond motifs is 3. The Morgan fingerprint density at radius 3 is 2.55 bits per heavy atom. The summed E-state index contributed by atoms with van der Waals surface area (Å²) in [5.74, 6) is 0.645.